The van der Waals surface area contributed by atoms with Crippen molar-refractivity contribution in [3.8, 4) is 0 Å². The first-order valence-corrected chi connectivity index (χ1v) is 8.20. The van der Waals surface area contributed by atoms with Crippen LogP contribution in [0.3, 0.4) is 0 Å². The zero-order valence-corrected chi connectivity index (χ0v) is 13.0. The SMILES string of the molecule is O=C(CN1CCC(Nc2ccccc2)C1)NC1CCOCC1. The van der Waals surface area contributed by atoms with Crippen molar-refractivity contribution in [1.82, 2.24) is 10.2 Å². The molecule has 2 aliphatic heterocycles. The second-order valence-electron chi connectivity index (χ2n) is 6.19. The van der Waals surface area contributed by atoms with E-state index in [4.69, 9.17) is 4.74 Å². The first-order chi connectivity index (χ1) is 10.8. The van der Waals surface area contributed by atoms with Gasteiger partial charge in [0.05, 0.1) is 6.54 Å². The van der Waals surface area contributed by atoms with Crippen LogP contribution in [0, 0.1) is 0 Å². The molecule has 22 heavy (non-hydrogen) atoms. The summed E-state index contributed by atoms with van der Waals surface area (Å²) in [4.78, 5) is 14.3. The van der Waals surface area contributed by atoms with E-state index in [9.17, 15) is 4.79 Å². The quantitative estimate of drug-likeness (QED) is 0.865. The Hall–Kier alpha value is -1.59. The minimum atomic E-state index is 0.146. The molecule has 2 saturated heterocycles. The van der Waals surface area contributed by atoms with Gasteiger partial charge in [0, 0.05) is 44.1 Å². The van der Waals surface area contributed by atoms with Gasteiger partial charge in [0.15, 0.2) is 0 Å². The summed E-state index contributed by atoms with van der Waals surface area (Å²) < 4.78 is 5.32. The number of benzene rings is 1. The normalized spacial score (nSPS) is 23.4. The van der Waals surface area contributed by atoms with Gasteiger partial charge in [-0.05, 0) is 31.4 Å². The number of carbonyl (C=O) groups excluding carboxylic acids is 1. The van der Waals surface area contributed by atoms with E-state index in [1.54, 1.807) is 0 Å². The summed E-state index contributed by atoms with van der Waals surface area (Å²) in [5.74, 6) is 0.146. The smallest absolute Gasteiger partial charge is 0.234 e. The van der Waals surface area contributed by atoms with Gasteiger partial charge in [-0.3, -0.25) is 9.69 Å². The predicted octanol–water partition coefficient (Wildman–Crippen LogP) is 1.47. The molecule has 5 heteroatoms. The molecule has 2 aliphatic rings. The van der Waals surface area contributed by atoms with Crippen LogP contribution in [0.2, 0.25) is 0 Å². The standard InChI is InChI=1S/C17H25N3O2/c21-17(19-15-7-10-22-11-8-15)13-20-9-6-16(12-20)18-14-4-2-1-3-5-14/h1-5,15-16,18H,6-13H2,(H,19,21). The maximum Gasteiger partial charge on any atom is 0.234 e. The minimum absolute atomic E-state index is 0.146. The summed E-state index contributed by atoms with van der Waals surface area (Å²) in [6.07, 6.45) is 2.95. The number of rotatable bonds is 5. The lowest BCUT2D eigenvalue weighted by Gasteiger charge is -2.24. The second kappa shape index (κ2) is 7.61. The summed E-state index contributed by atoms with van der Waals surface area (Å²) >= 11 is 0. The van der Waals surface area contributed by atoms with Crippen molar-refractivity contribution in [3.05, 3.63) is 30.3 Å². The van der Waals surface area contributed by atoms with Crippen molar-refractivity contribution in [2.75, 3.05) is 38.2 Å². The number of para-hydroxylation sites is 1. The van der Waals surface area contributed by atoms with E-state index in [1.165, 1.54) is 0 Å². The van der Waals surface area contributed by atoms with Crippen molar-refractivity contribution in [3.63, 3.8) is 0 Å². The molecule has 1 atom stereocenters. The van der Waals surface area contributed by atoms with Gasteiger partial charge in [0.2, 0.25) is 5.91 Å². The Kier molecular flexibility index (Phi) is 5.29. The summed E-state index contributed by atoms with van der Waals surface area (Å²) in [6.45, 7) is 3.93. The van der Waals surface area contributed by atoms with E-state index in [0.29, 0.717) is 18.6 Å². The third-order valence-corrected chi connectivity index (χ3v) is 4.37. The molecule has 2 heterocycles. The van der Waals surface area contributed by atoms with E-state index in [0.717, 1.165) is 51.3 Å². The van der Waals surface area contributed by atoms with Gasteiger partial charge in [0.1, 0.15) is 0 Å². The van der Waals surface area contributed by atoms with Crippen molar-refractivity contribution in [2.24, 2.45) is 0 Å². The molecule has 0 aromatic heterocycles. The molecule has 1 aromatic rings. The molecule has 3 rings (SSSR count). The molecule has 0 spiro atoms. The Bertz CT molecular complexity index is 474. The number of hydrogen-bond donors (Lipinski definition) is 2. The molecular formula is C17H25N3O2. The maximum atomic E-state index is 12.1. The van der Waals surface area contributed by atoms with E-state index in [1.807, 2.05) is 18.2 Å². The Labute approximate surface area is 132 Å². The van der Waals surface area contributed by atoms with Crippen LogP contribution in [0.5, 0.6) is 0 Å². The van der Waals surface area contributed by atoms with Crippen LogP contribution in [0.4, 0.5) is 5.69 Å². The van der Waals surface area contributed by atoms with Crippen molar-refractivity contribution >= 4 is 11.6 Å². The third-order valence-electron chi connectivity index (χ3n) is 4.37. The first kappa shape index (κ1) is 15.3. The van der Waals surface area contributed by atoms with Gasteiger partial charge >= 0.3 is 0 Å². The molecule has 1 amide bonds. The lowest BCUT2D eigenvalue weighted by Crippen LogP contribution is -2.44. The molecule has 2 N–H and O–H groups in total. The van der Waals surface area contributed by atoms with Crippen LogP contribution >= 0.6 is 0 Å². The number of amides is 1. The van der Waals surface area contributed by atoms with Crippen LogP contribution in [-0.4, -0.2) is 55.7 Å². The lowest BCUT2D eigenvalue weighted by atomic mass is 10.1. The molecule has 1 aromatic carbocycles. The number of carbonyl (C=O) groups is 1. The largest absolute Gasteiger partial charge is 0.381 e. The van der Waals surface area contributed by atoms with Crippen molar-refractivity contribution in [1.29, 1.82) is 0 Å². The van der Waals surface area contributed by atoms with Crippen LogP contribution in [0.15, 0.2) is 30.3 Å². The monoisotopic (exact) mass is 303 g/mol. The number of nitrogens with one attached hydrogen (secondary N) is 2. The van der Waals surface area contributed by atoms with Gasteiger partial charge in [-0.15, -0.1) is 0 Å². The molecule has 1 unspecified atom stereocenters. The maximum absolute atomic E-state index is 12.1. The highest BCUT2D eigenvalue weighted by atomic mass is 16.5. The number of nitrogens with zero attached hydrogens (tertiary/aromatic N) is 1. The van der Waals surface area contributed by atoms with E-state index < -0.39 is 0 Å². The van der Waals surface area contributed by atoms with Crippen LogP contribution in [0.25, 0.3) is 0 Å². The molecule has 120 valence electrons. The number of likely N-dealkylation sites (tertiary alicyclic amines) is 1. The molecule has 0 radical (unpaired) electrons. The van der Waals surface area contributed by atoms with Gasteiger partial charge in [-0.1, -0.05) is 18.2 Å². The number of anilines is 1. The van der Waals surface area contributed by atoms with Crippen molar-refractivity contribution in [2.45, 2.75) is 31.3 Å². The first-order valence-electron chi connectivity index (χ1n) is 8.20. The Morgan fingerprint density at radius 1 is 1.14 bits per heavy atom. The van der Waals surface area contributed by atoms with Gasteiger partial charge in [-0.25, -0.2) is 0 Å². The van der Waals surface area contributed by atoms with E-state index in [2.05, 4.69) is 27.7 Å². The highest BCUT2D eigenvalue weighted by Gasteiger charge is 2.25. The molecule has 0 bridgehead atoms. The fourth-order valence-electron chi connectivity index (χ4n) is 3.18. The number of ether oxygens (including phenoxy) is 1. The van der Waals surface area contributed by atoms with E-state index >= 15 is 0 Å². The molecule has 5 nitrogen and oxygen atoms in total. The lowest BCUT2D eigenvalue weighted by molar-refractivity contribution is -0.123. The van der Waals surface area contributed by atoms with Gasteiger partial charge in [0.25, 0.3) is 0 Å². The zero-order chi connectivity index (χ0) is 15.2. The topological polar surface area (TPSA) is 53.6 Å². The molecule has 2 fully saturated rings. The summed E-state index contributed by atoms with van der Waals surface area (Å²) in [5, 5.41) is 6.66. The summed E-state index contributed by atoms with van der Waals surface area (Å²) in [5.41, 5.74) is 1.15. The molecular weight excluding hydrogens is 278 g/mol. The summed E-state index contributed by atoms with van der Waals surface area (Å²) in [7, 11) is 0. The highest BCUT2D eigenvalue weighted by molar-refractivity contribution is 5.78. The fraction of sp³-hybridized carbons (Fsp3) is 0.588. The molecule has 0 saturated carbocycles. The Morgan fingerprint density at radius 3 is 2.68 bits per heavy atom. The highest BCUT2D eigenvalue weighted by Crippen LogP contribution is 2.15. The van der Waals surface area contributed by atoms with Crippen LogP contribution < -0.4 is 10.6 Å². The average molecular weight is 303 g/mol. The fourth-order valence-corrected chi connectivity index (χ4v) is 3.18. The Balaban J connectivity index is 1.39. The Morgan fingerprint density at radius 2 is 1.91 bits per heavy atom. The molecule has 0 aliphatic carbocycles. The average Bonchev–Trinajstić information content (AvgIpc) is 2.96. The van der Waals surface area contributed by atoms with E-state index in [-0.39, 0.29) is 5.91 Å². The summed E-state index contributed by atoms with van der Waals surface area (Å²) in [6, 6.07) is 11.0. The third kappa shape index (κ3) is 4.45. The van der Waals surface area contributed by atoms with Gasteiger partial charge < -0.3 is 15.4 Å². The predicted molar refractivity (Wildman–Crippen MR) is 86.9 cm³/mol. The number of hydrogen-bond acceptors (Lipinski definition) is 4. The van der Waals surface area contributed by atoms with Gasteiger partial charge in [-0.2, -0.15) is 0 Å². The zero-order valence-electron chi connectivity index (χ0n) is 13.0. The van der Waals surface area contributed by atoms with Crippen LogP contribution in [-0.2, 0) is 9.53 Å². The van der Waals surface area contributed by atoms with Crippen molar-refractivity contribution < 1.29 is 9.53 Å². The second-order valence-corrected chi connectivity index (χ2v) is 6.19. The van der Waals surface area contributed by atoms with Crippen LogP contribution in [0.1, 0.15) is 19.3 Å². The minimum Gasteiger partial charge on any atom is -0.381 e.